The molecule has 0 saturated carbocycles. The molecule has 0 bridgehead atoms. The van der Waals surface area contributed by atoms with Gasteiger partial charge in [-0.05, 0) is 18.2 Å². The number of likely N-dealkylation sites (N-methyl/N-ethyl adjacent to an activating group) is 1. The van der Waals surface area contributed by atoms with E-state index in [0.29, 0.717) is 17.9 Å². The third-order valence-corrected chi connectivity index (χ3v) is 3.98. The Hall–Kier alpha value is -3.64. The van der Waals surface area contributed by atoms with E-state index in [1.165, 1.54) is 24.5 Å². The highest BCUT2D eigenvalue weighted by atomic mass is 19.4. The van der Waals surface area contributed by atoms with Crippen LogP contribution in [-0.2, 0) is 23.7 Å². The summed E-state index contributed by atoms with van der Waals surface area (Å²) in [6.45, 7) is 0.135. The monoisotopic (exact) mass is 445 g/mol. The van der Waals surface area contributed by atoms with Gasteiger partial charge in [0.05, 0.1) is 23.9 Å². The Kier molecular flexibility index (Phi) is 5.86. The molecule has 1 aromatic carbocycles. The largest absolute Gasteiger partial charge is 0.447 e. The molecule has 0 aliphatic rings. The first-order valence-corrected chi connectivity index (χ1v) is 8.45. The van der Waals surface area contributed by atoms with Crippen molar-refractivity contribution in [1.82, 2.24) is 24.6 Å². The second-order valence-electron chi connectivity index (χ2n) is 6.32. The van der Waals surface area contributed by atoms with Crippen molar-refractivity contribution in [2.24, 2.45) is 0 Å². The van der Waals surface area contributed by atoms with Crippen molar-refractivity contribution in [1.29, 1.82) is 0 Å². The van der Waals surface area contributed by atoms with Crippen LogP contribution in [0, 0.1) is 0 Å². The van der Waals surface area contributed by atoms with Crippen molar-refractivity contribution in [3.8, 4) is 11.4 Å². The fraction of sp³-hybridized carbons (Fsp3) is 0.222. The van der Waals surface area contributed by atoms with Gasteiger partial charge in [-0.2, -0.15) is 26.3 Å². The number of benzene rings is 1. The van der Waals surface area contributed by atoms with Crippen LogP contribution >= 0.6 is 0 Å². The molecule has 2 heterocycles. The lowest BCUT2D eigenvalue weighted by atomic mass is 10.0. The molecule has 0 N–H and O–H groups in total. The van der Waals surface area contributed by atoms with E-state index in [2.05, 4.69) is 15.1 Å². The van der Waals surface area contributed by atoms with Crippen LogP contribution in [-0.4, -0.2) is 37.6 Å². The topological polar surface area (TPSA) is 77.0 Å². The summed E-state index contributed by atoms with van der Waals surface area (Å²) in [7, 11) is 1.49. The molecule has 0 unspecified atom stereocenters. The number of hydrogen-bond acceptors (Lipinski definition) is 5. The lowest BCUT2D eigenvalue weighted by Crippen LogP contribution is -2.24. The maximum atomic E-state index is 13.0. The van der Waals surface area contributed by atoms with Crippen LogP contribution in [0.1, 0.15) is 16.9 Å². The zero-order valence-corrected chi connectivity index (χ0v) is 15.6. The molecule has 0 atom stereocenters. The average molecular weight is 445 g/mol. The number of rotatable bonds is 5. The van der Waals surface area contributed by atoms with Gasteiger partial charge in [0, 0.05) is 24.9 Å². The maximum Gasteiger partial charge on any atom is 0.416 e. The molecule has 31 heavy (non-hydrogen) atoms. The van der Waals surface area contributed by atoms with Crippen LogP contribution in [0.2, 0.25) is 0 Å². The number of nitrogens with zero attached hydrogens (tertiary/aromatic N) is 5. The normalized spacial score (nSPS) is 12.5. The lowest BCUT2D eigenvalue weighted by molar-refractivity contribution is -0.143. The first-order valence-electron chi connectivity index (χ1n) is 8.45. The van der Waals surface area contributed by atoms with Crippen molar-refractivity contribution in [3.63, 3.8) is 0 Å². The van der Waals surface area contributed by atoms with E-state index >= 15 is 0 Å². The Morgan fingerprint density at radius 3 is 2.32 bits per heavy atom. The Morgan fingerprint density at radius 2 is 1.77 bits per heavy atom. The van der Waals surface area contributed by atoms with Crippen LogP contribution in [0.5, 0.6) is 0 Å². The zero-order valence-electron chi connectivity index (χ0n) is 15.6. The molecule has 2 aromatic heterocycles. The Balaban J connectivity index is 1.81. The highest BCUT2D eigenvalue weighted by Gasteiger charge is 2.37. The predicted molar refractivity (Wildman–Crippen MR) is 93.8 cm³/mol. The van der Waals surface area contributed by atoms with Crippen molar-refractivity contribution < 1.29 is 35.6 Å². The van der Waals surface area contributed by atoms with E-state index in [-0.39, 0.29) is 18.4 Å². The first kappa shape index (κ1) is 22.1. The number of oxazole rings is 1. The van der Waals surface area contributed by atoms with E-state index in [0.717, 1.165) is 23.3 Å². The molecule has 0 spiro atoms. The minimum Gasteiger partial charge on any atom is -0.447 e. The standard InChI is InChI=1S/C18H13F6N5O2/c1-28(8-14-7-25-10-31-14)15(30)2-3-29-9-26-16(27-29)11-4-12(17(19,20)21)6-13(5-11)18(22,23)24/h2-7,9-10H,8H2,1H3/b3-2-. The summed E-state index contributed by atoms with van der Waals surface area (Å²) in [5.41, 5.74) is -3.43. The van der Waals surface area contributed by atoms with Crippen LogP contribution in [0.25, 0.3) is 17.6 Å². The Bertz CT molecular complexity index is 1050. The molecule has 0 fully saturated rings. The van der Waals surface area contributed by atoms with Crippen LogP contribution < -0.4 is 0 Å². The Labute approximate surface area is 170 Å². The second kappa shape index (κ2) is 8.24. The van der Waals surface area contributed by atoms with E-state index in [1.807, 2.05) is 0 Å². The van der Waals surface area contributed by atoms with Crippen molar-refractivity contribution in [3.05, 3.63) is 60.1 Å². The molecule has 0 saturated heterocycles. The molecular formula is C18H13F6N5O2. The van der Waals surface area contributed by atoms with E-state index < -0.39 is 35.0 Å². The van der Waals surface area contributed by atoms with E-state index in [1.54, 1.807) is 0 Å². The summed E-state index contributed by atoms with van der Waals surface area (Å²) in [6.07, 6.45) is -4.03. The third-order valence-electron chi connectivity index (χ3n) is 3.98. The van der Waals surface area contributed by atoms with Crippen molar-refractivity contribution in [2.75, 3.05) is 7.05 Å². The van der Waals surface area contributed by atoms with Gasteiger partial charge in [0.15, 0.2) is 12.2 Å². The number of alkyl halides is 6. The lowest BCUT2D eigenvalue weighted by Gasteiger charge is -2.13. The smallest absolute Gasteiger partial charge is 0.416 e. The fourth-order valence-corrected chi connectivity index (χ4v) is 2.46. The minimum absolute atomic E-state index is 0.0173. The van der Waals surface area contributed by atoms with Crippen LogP contribution in [0.3, 0.4) is 0 Å². The molecule has 0 radical (unpaired) electrons. The number of aromatic nitrogens is 4. The van der Waals surface area contributed by atoms with Crippen LogP contribution in [0.4, 0.5) is 26.3 Å². The fourth-order valence-electron chi connectivity index (χ4n) is 2.46. The quantitative estimate of drug-likeness (QED) is 0.437. The van der Waals surface area contributed by atoms with Gasteiger partial charge in [-0.1, -0.05) is 0 Å². The van der Waals surface area contributed by atoms with Crippen molar-refractivity contribution >= 4 is 12.1 Å². The third kappa shape index (κ3) is 5.49. The molecule has 13 heteroatoms. The molecule has 1 amide bonds. The van der Waals surface area contributed by atoms with Crippen LogP contribution in [0.15, 0.2) is 47.6 Å². The average Bonchev–Trinajstić information content (AvgIpc) is 3.36. The predicted octanol–water partition coefficient (Wildman–Crippen LogP) is 4.10. The van der Waals surface area contributed by atoms with Gasteiger partial charge < -0.3 is 9.32 Å². The first-order chi connectivity index (χ1) is 14.4. The van der Waals surface area contributed by atoms with Gasteiger partial charge in [-0.15, -0.1) is 5.10 Å². The summed E-state index contributed by atoms with van der Waals surface area (Å²) < 4.78 is 84.0. The van der Waals surface area contributed by atoms with E-state index in [9.17, 15) is 31.1 Å². The maximum absolute atomic E-state index is 13.0. The molecular weight excluding hydrogens is 432 g/mol. The van der Waals surface area contributed by atoms with Gasteiger partial charge >= 0.3 is 12.4 Å². The summed E-state index contributed by atoms with van der Waals surface area (Å²) in [5, 5.41) is 3.82. The Morgan fingerprint density at radius 1 is 1.13 bits per heavy atom. The number of hydrogen-bond donors (Lipinski definition) is 0. The zero-order chi connectivity index (χ0) is 22.8. The molecule has 0 aliphatic carbocycles. The number of amides is 1. The van der Waals surface area contributed by atoms with Gasteiger partial charge in [0.2, 0.25) is 5.91 Å². The van der Waals surface area contributed by atoms with Gasteiger partial charge in [0.25, 0.3) is 0 Å². The second-order valence-corrected chi connectivity index (χ2v) is 6.32. The highest BCUT2D eigenvalue weighted by molar-refractivity contribution is 5.89. The van der Waals surface area contributed by atoms with E-state index in [4.69, 9.17) is 4.42 Å². The molecule has 0 aliphatic heterocycles. The number of halogens is 6. The summed E-state index contributed by atoms with van der Waals surface area (Å²) >= 11 is 0. The molecule has 164 valence electrons. The summed E-state index contributed by atoms with van der Waals surface area (Å²) in [5.74, 6) is -0.395. The SMILES string of the molecule is CN(Cc1cnco1)C(=O)/C=C\n1cnc(-c2cc(C(F)(F)F)cc(C(F)(F)F)c2)n1. The number of carbonyl (C=O) groups excluding carboxylic acids is 1. The molecule has 3 rings (SSSR count). The number of carbonyl (C=O) groups is 1. The van der Waals surface area contributed by atoms with Gasteiger partial charge in [-0.3, -0.25) is 4.79 Å². The molecule has 7 nitrogen and oxygen atoms in total. The van der Waals surface area contributed by atoms with Crippen molar-refractivity contribution in [2.45, 2.75) is 18.9 Å². The summed E-state index contributed by atoms with van der Waals surface area (Å²) in [4.78, 5) is 20.8. The minimum atomic E-state index is -4.99. The van der Waals surface area contributed by atoms with Gasteiger partial charge in [0.1, 0.15) is 12.1 Å². The molecule has 3 aromatic rings. The summed E-state index contributed by atoms with van der Waals surface area (Å²) in [6, 6.07) is 1.06. The highest BCUT2D eigenvalue weighted by Crippen LogP contribution is 2.38. The van der Waals surface area contributed by atoms with Gasteiger partial charge in [-0.25, -0.2) is 14.6 Å².